The zero-order valence-corrected chi connectivity index (χ0v) is 8.69. The molecule has 2 atom stereocenters. The molecule has 2 aliphatic rings. The summed E-state index contributed by atoms with van der Waals surface area (Å²) in [6.07, 6.45) is 2.81. The van der Waals surface area contributed by atoms with Crippen LogP contribution in [0.4, 0.5) is 0 Å². The first-order valence-corrected chi connectivity index (χ1v) is 5.18. The molecule has 80 valence electrons. The zero-order chi connectivity index (χ0) is 10.3. The number of rotatable bonds is 1. The van der Waals surface area contributed by atoms with Gasteiger partial charge in [0.2, 0.25) is 0 Å². The van der Waals surface area contributed by atoms with Crippen LogP contribution in [0, 0.1) is 0 Å². The maximum absolute atomic E-state index is 11.5. The lowest BCUT2D eigenvalue weighted by Crippen LogP contribution is -2.54. The normalized spacial score (nSPS) is 36.6. The number of piperidine rings is 1. The van der Waals surface area contributed by atoms with Crippen LogP contribution in [-0.4, -0.2) is 40.4 Å². The molecule has 0 aromatic rings. The van der Waals surface area contributed by atoms with Crippen LogP contribution in [0.3, 0.4) is 0 Å². The fourth-order valence-electron chi connectivity index (χ4n) is 2.67. The van der Waals surface area contributed by atoms with Gasteiger partial charge < -0.3 is 9.84 Å². The Labute approximate surface area is 83.8 Å². The van der Waals surface area contributed by atoms with Gasteiger partial charge in [-0.2, -0.15) is 0 Å². The molecule has 14 heavy (non-hydrogen) atoms. The highest BCUT2D eigenvalue weighted by Crippen LogP contribution is 2.37. The number of carbonyl (C=O) groups excluding carboxylic acids is 1. The number of fused-ring (bicyclic) bond motifs is 1. The number of aliphatic hydroxyl groups excluding tert-OH is 1. The standard InChI is InChI=1S/C10H17NO3/c1-10(2)11-7(6-12)4-3-5-8(11)9(13)14-10/h7-8,12H,3-6H2,1-2H3/t7-,8-/m0/s1. The number of carbonyl (C=O) groups is 1. The Morgan fingerprint density at radius 3 is 2.93 bits per heavy atom. The second-order valence-electron chi connectivity index (χ2n) is 4.56. The maximum atomic E-state index is 11.5. The summed E-state index contributed by atoms with van der Waals surface area (Å²) >= 11 is 0. The van der Waals surface area contributed by atoms with Crippen molar-refractivity contribution >= 4 is 5.97 Å². The van der Waals surface area contributed by atoms with Crippen molar-refractivity contribution in [2.45, 2.75) is 50.9 Å². The van der Waals surface area contributed by atoms with E-state index in [2.05, 4.69) is 0 Å². The van der Waals surface area contributed by atoms with Crippen molar-refractivity contribution in [3.8, 4) is 0 Å². The molecule has 4 nitrogen and oxygen atoms in total. The lowest BCUT2D eigenvalue weighted by atomic mass is 9.95. The average molecular weight is 199 g/mol. The molecule has 0 aromatic carbocycles. The molecule has 0 aromatic heterocycles. The smallest absolute Gasteiger partial charge is 0.325 e. The first-order valence-electron chi connectivity index (χ1n) is 5.18. The van der Waals surface area contributed by atoms with E-state index in [0.717, 1.165) is 19.3 Å². The minimum Gasteiger partial charge on any atom is -0.443 e. The predicted molar refractivity (Wildman–Crippen MR) is 50.5 cm³/mol. The van der Waals surface area contributed by atoms with E-state index >= 15 is 0 Å². The Morgan fingerprint density at radius 1 is 1.57 bits per heavy atom. The molecule has 0 radical (unpaired) electrons. The summed E-state index contributed by atoms with van der Waals surface area (Å²) in [6, 6.07) is -0.0499. The largest absolute Gasteiger partial charge is 0.443 e. The Morgan fingerprint density at radius 2 is 2.29 bits per heavy atom. The molecule has 2 aliphatic heterocycles. The topological polar surface area (TPSA) is 49.8 Å². The fraction of sp³-hybridized carbons (Fsp3) is 0.900. The van der Waals surface area contributed by atoms with Gasteiger partial charge >= 0.3 is 5.97 Å². The van der Waals surface area contributed by atoms with Crippen molar-refractivity contribution in [2.24, 2.45) is 0 Å². The van der Waals surface area contributed by atoms with Crippen LogP contribution in [0.15, 0.2) is 0 Å². The van der Waals surface area contributed by atoms with E-state index in [9.17, 15) is 9.90 Å². The van der Waals surface area contributed by atoms with Crippen molar-refractivity contribution in [2.75, 3.05) is 6.61 Å². The second kappa shape index (κ2) is 3.21. The molecule has 2 saturated heterocycles. The summed E-state index contributed by atoms with van der Waals surface area (Å²) in [6.45, 7) is 3.88. The average Bonchev–Trinajstić information content (AvgIpc) is 2.38. The monoisotopic (exact) mass is 199 g/mol. The lowest BCUT2D eigenvalue weighted by Gasteiger charge is -2.40. The second-order valence-corrected chi connectivity index (χ2v) is 4.56. The van der Waals surface area contributed by atoms with E-state index in [0.29, 0.717) is 0 Å². The Hall–Kier alpha value is -0.610. The molecule has 0 aliphatic carbocycles. The van der Waals surface area contributed by atoms with E-state index in [1.807, 2.05) is 18.7 Å². The highest BCUT2D eigenvalue weighted by Gasteiger charge is 2.51. The SMILES string of the molecule is CC1(C)OC(=O)[C@@H]2CCC[C@@H](CO)N21. The summed E-state index contributed by atoms with van der Waals surface area (Å²) in [5.41, 5.74) is -0.546. The minimum absolute atomic E-state index is 0.0789. The van der Waals surface area contributed by atoms with Gasteiger partial charge in [-0.3, -0.25) is 4.79 Å². The van der Waals surface area contributed by atoms with Gasteiger partial charge in [0.1, 0.15) is 6.04 Å². The molecule has 0 unspecified atom stereocenters. The Balaban J connectivity index is 2.26. The summed E-state index contributed by atoms with van der Waals surface area (Å²) < 4.78 is 5.30. The molecule has 1 N–H and O–H groups in total. The molecule has 2 fully saturated rings. The van der Waals surface area contributed by atoms with Gasteiger partial charge in [-0.15, -0.1) is 0 Å². The number of hydrogen-bond acceptors (Lipinski definition) is 4. The number of hydrogen-bond donors (Lipinski definition) is 1. The number of ether oxygens (including phenoxy) is 1. The molecule has 0 spiro atoms. The third-order valence-electron chi connectivity index (χ3n) is 3.20. The predicted octanol–water partition coefficient (Wildman–Crippen LogP) is 0.495. The quantitative estimate of drug-likeness (QED) is 0.625. The van der Waals surface area contributed by atoms with Gasteiger partial charge in [0.25, 0.3) is 0 Å². The van der Waals surface area contributed by atoms with Crippen LogP contribution in [0.5, 0.6) is 0 Å². The van der Waals surface area contributed by atoms with Gasteiger partial charge in [0.15, 0.2) is 5.72 Å². The maximum Gasteiger partial charge on any atom is 0.325 e. The zero-order valence-electron chi connectivity index (χ0n) is 8.69. The van der Waals surface area contributed by atoms with Crippen molar-refractivity contribution in [1.82, 2.24) is 4.90 Å². The van der Waals surface area contributed by atoms with Gasteiger partial charge in [0.05, 0.1) is 6.61 Å². The fourth-order valence-corrected chi connectivity index (χ4v) is 2.67. The van der Waals surface area contributed by atoms with Gasteiger partial charge in [0, 0.05) is 6.04 Å². The molecule has 4 heteroatoms. The van der Waals surface area contributed by atoms with E-state index in [1.54, 1.807) is 0 Å². The van der Waals surface area contributed by atoms with E-state index < -0.39 is 5.72 Å². The molecule has 0 saturated carbocycles. The summed E-state index contributed by atoms with van der Waals surface area (Å²) in [5, 5.41) is 9.25. The molecule has 2 rings (SSSR count). The van der Waals surface area contributed by atoms with Gasteiger partial charge in [-0.05, 0) is 33.1 Å². The third-order valence-corrected chi connectivity index (χ3v) is 3.20. The van der Waals surface area contributed by atoms with Crippen LogP contribution in [0.25, 0.3) is 0 Å². The summed E-state index contributed by atoms with van der Waals surface area (Å²) in [7, 11) is 0. The molecule has 0 bridgehead atoms. The third kappa shape index (κ3) is 1.33. The van der Waals surface area contributed by atoms with Crippen LogP contribution >= 0.6 is 0 Å². The number of aliphatic hydroxyl groups is 1. The highest BCUT2D eigenvalue weighted by molar-refractivity contribution is 5.78. The Kier molecular flexibility index (Phi) is 2.27. The van der Waals surface area contributed by atoms with Crippen molar-refractivity contribution in [1.29, 1.82) is 0 Å². The van der Waals surface area contributed by atoms with Crippen LogP contribution in [0.2, 0.25) is 0 Å². The highest BCUT2D eigenvalue weighted by atomic mass is 16.6. The summed E-state index contributed by atoms with van der Waals surface area (Å²) in [4.78, 5) is 13.6. The van der Waals surface area contributed by atoms with E-state index in [-0.39, 0.29) is 24.7 Å². The van der Waals surface area contributed by atoms with Crippen molar-refractivity contribution < 1.29 is 14.6 Å². The van der Waals surface area contributed by atoms with Crippen LogP contribution in [-0.2, 0) is 9.53 Å². The lowest BCUT2D eigenvalue weighted by molar-refractivity contribution is -0.150. The number of esters is 1. The van der Waals surface area contributed by atoms with Gasteiger partial charge in [-0.1, -0.05) is 0 Å². The number of cyclic esters (lactones) is 1. The van der Waals surface area contributed by atoms with Crippen LogP contribution < -0.4 is 0 Å². The van der Waals surface area contributed by atoms with E-state index in [4.69, 9.17) is 4.74 Å². The summed E-state index contributed by atoms with van der Waals surface area (Å²) in [5.74, 6) is -0.131. The van der Waals surface area contributed by atoms with Crippen LogP contribution in [0.1, 0.15) is 33.1 Å². The number of nitrogens with zero attached hydrogens (tertiary/aromatic N) is 1. The molecule has 0 amide bonds. The van der Waals surface area contributed by atoms with Crippen molar-refractivity contribution in [3.05, 3.63) is 0 Å². The Bertz CT molecular complexity index is 252. The molecular formula is C10H17NO3. The minimum atomic E-state index is -0.546. The van der Waals surface area contributed by atoms with Crippen molar-refractivity contribution in [3.63, 3.8) is 0 Å². The van der Waals surface area contributed by atoms with Gasteiger partial charge in [-0.25, -0.2) is 4.90 Å². The van der Waals surface area contributed by atoms with E-state index in [1.165, 1.54) is 0 Å². The first-order chi connectivity index (χ1) is 6.56. The first kappa shape index (κ1) is 9.93. The molecular weight excluding hydrogens is 182 g/mol. The molecule has 2 heterocycles.